The van der Waals surface area contributed by atoms with Crippen LogP contribution in [-0.4, -0.2) is 39.7 Å². The molecular formula is C27H23N3O5. The Morgan fingerprint density at radius 3 is 2.46 bits per heavy atom. The quantitative estimate of drug-likeness (QED) is 0.389. The molecule has 0 N–H and O–H groups in total. The predicted octanol–water partition coefficient (Wildman–Crippen LogP) is 4.80. The summed E-state index contributed by atoms with van der Waals surface area (Å²) in [6.45, 7) is 0. The van der Waals surface area contributed by atoms with Gasteiger partial charge in [-0.05, 0) is 61.4 Å². The number of carbonyl (C=O) groups excluding carboxylic acids is 3. The van der Waals surface area contributed by atoms with Gasteiger partial charge in [0.15, 0.2) is 11.3 Å². The molecule has 1 saturated heterocycles. The van der Waals surface area contributed by atoms with Gasteiger partial charge < -0.3 is 13.7 Å². The molecule has 2 aromatic heterocycles. The van der Waals surface area contributed by atoms with Crippen LogP contribution in [0, 0.1) is 0 Å². The Morgan fingerprint density at radius 2 is 1.74 bits per heavy atom. The molecule has 8 heteroatoms. The van der Waals surface area contributed by atoms with Crippen molar-refractivity contribution in [1.82, 2.24) is 9.88 Å². The maximum atomic E-state index is 13.5. The van der Waals surface area contributed by atoms with Crippen molar-refractivity contribution in [2.24, 2.45) is 0 Å². The van der Waals surface area contributed by atoms with Gasteiger partial charge in [-0.15, -0.1) is 0 Å². The van der Waals surface area contributed by atoms with Crippen molar-refractivity contribution in [3.63, 3.8) is 0 Å². The third kappa shape index (κ3) is 3.71. The number of furan rings is 1. The molecule has 3 heterocycles. The molecule has 2 aliphatic rings. The van der Waals surface area contributed by atoms with Gasteiger partial charge in [-0.1, -0.05) is 25.0 Å². The highest BCUT2D eigenvalue weighted by Gasteiger charge is 2.47. The molecule has 0 radical (unpaired) electrons. The van der Waals surface area contributed by atoms with Gasteiger partial charge in [-0.25, -0.2) is 9.88 Å². The fraction of sp³-hybridized carbons (Fsp3) is 0.259. The lowest BCUT2D eigenvalue weighted by Crippen LogP contribution is -2.50. The molecule has 1 atom stereocenters. The number of hydrogen-bond acceptors (Lipinski definition) is 6. The Kier molecular flexibility index (Phi) is 5.21. The van der Waals surface area contributed by atoms with Crippen LogP contribution in [0.15, 0.2) is 75.8 Å². The molecule has 1 unspecified atom stereocenters. The van der Waals surface area contributed by atoms with E-state index in [2.05, 4.69) is 4.98 Å². The summed E-state index contributed by atoms with van der Waals surface area (Å²) in [5.41, 5.74) is 2.64. The minimum Gasteiger partial charge on any atom is -0.459 e. The van der Waals surface area contributed by atoms with Gasteiger partial charge in [-0.2, -0.15) is 0 Å². The second-order valence-electron chi connectivity index (χ2n) is 8.95. The maximum Gasteiger partial charge on any atom is 0.290 e. The Bertz CT molecular complexity index is 1370. The monoisotopic (exact) mass is 469 g/mol. The number of oxazole rings is 1. The van der Waals surface area contributed by atoms with Gasteiger partial charge in [-0.3, -0.25) is 14.4 Å². The number of nitrogens with zero attached hydrogens (tertiary/aromatic N) is 3. The lowest BCUT2D eigenvalue weighted by molar-refractivity contribution is -0.123. The average Bonchev–Trinajstić information content (AvgIpc) is 3.68. The number of aromatic nitrogens is 1. The standard InChI is InChI=1S/C27H23N3O5/c31-24-16-21(29(18-6-1-2-7-18)27(33)23-10-5-15-34-23)26(32)30(24)19-13-11-17(12-14-19)25-28-20-8-3-4-9-22(20)35-25/h3-5,8-15,18,21H,1-2,6-7,16H2. The largest absolute Gasteiger partial charge is 0.459 e. The van der Waals surface area contributed by atoms with Crippen LogP contribution in [0.4, 0.5) is 5.69 Å². The summed E-state index contributed by atoms with van der Waals surface area (Å²) in [4.78, 5) is 47.1. The van der Waals surface area contributed by atoms with Gasteiger partial charge in [0.05, 0.1) is 18.4 Å². The van der Waals surface area contributed by atoms with Crippen molar-refractivity contribution in [3.8, 4) is 11.5 Å². The van der Waals surface area contributed by atoms with Crippen molar-refractivity contribution < 1.29 is 23.2 Å². The number of carbonyl (C=O) groups is 3. The number of imide groups is 1. The van der Waals surface area contributed by atoms with Crippen LogP contribution in [0.25, 0.3) is 22.6 Å². The summed E-state index contributed by atoms with van der Waals surface area (Å²) < 4.78 is 11.1. The topological polar surface area (TPSA) is 96.9 Å². The van der Waals surface area contributed by atoms with Crippen LogP contribution in [0.2, 0.25) is 0 Å². The van der Waals surface area contributed by atoms with Crippen LogP contribution in [0.1, 0.15) is 42.7 Å². The van der Waals surface area contributed by atoms with Crippen LogP contribution in [0.5, 0.6) is 0 Å². The third-order valence-corrected chi connectivity index (χ3v) is 6.81. The predicted molar refractivity (Wildman–Crippen MR) is 127 cm³/mol. The van der Waals surface area contributed by atoms with Crippen molar-refractivity contribution in [1.29, 1.82) is 0 Å². The first-order valence-corrected chi connectivity index (χ1v) is 11.8. The summed E-state index contributed by atoms with van der Waals surface area (Å²) in [5.74, 6) is -0.424. The van der Waals surface area contributed by atoms with E-state index >= 15 is 0 Å². The molecule has 2 fully saturated rings. The lowest BCUT2D eigenvalue weighted by Gasteiger charge is -2.32. The first-order chi connectivity index (χ1) is 17.1. The van der Waals surface area contributed by atoms with E-state index < -0.39 is 11.9 Å². The molecule has 0 spiro atoms. The van der Waals surface area contributed by atoms with Crippen LogP contribution in [-0.2, 0) is 9.59 Å². The summed E-state index contributed by atoms with van der Waals surface area (Å²) in [6.07, 6.45) is 4.99. The van der Waals surface area contributed by atoms with Crippen molar-refractivity contribution >= 4 is 34.5 Å². The highest BCUT2D eigenvalue weighted by atomic mass is 16.3. The Morgan fingerprint density at radius 1 is 0.971 bits per heavy atom. The zero-order valence-corrected chi connectivity index (χ0v) is 18.9. The van der Waals surface area contributed by atoms with Crippen LogP contribution in [0.3, 0.4) is 0 Å². The van der Waals surface area contributed by atoms with E-state index in [1.54, 1.807) is 41.3 Å². The molecule has 3 amide bonds. The third-order valence-electron chi connectivity index (χ3n) is 6.81. The summed E-state index contributed by atoms with van der Waals surface area (Å²) in [7, 11) is 0. The Labute approximate surface area is 201 Å². The second kappa shape index (κ2) is 8.54. The molecule has 176 valence electrons. The number of amides is 3. The minimum atomic E-state index is -0.847. The minimum absolute atomic E-state index is 0.0470. The molecule has 1 aliphatic heterocycles. The summed E-state index contributed by atoms with van der Waals surface area (Å²) >= 11 is 0. The lowest BCUT2D eigenvalue weighted by atomic mass is 10.1. The highest BCUT2D eigenvalue weighted by molar-refractivity contribution is 6.23. The van der Waals surface area contributed by atoms with E-state index in [0.717, 1.165) is 36.8 Å². The van der Waals surface area contributed by atoms with E-state index in [9.17, 15) is 14.4 Å². The zero-order valence-electron chi connectivity index (χ0n) is 18.9. The smallest absolute Gasteiger partial charge is 0.290 e. The molecule has 35 heavy (non-hydrogen) atoms. The Balaban J connectivity index is 1.28. The molecule has 2 aromatic carbocycles. The number of para-hydroxylation sites is 2. The average molecular weight is 469 g/mol. The van der Waals surface area contributed by atoms with E-state index in [0.29, 0.717) is 17.2 Å². The molecular weight excluding hydrogens is 446 g/mol. The number of fused-ring (bicyclic) bond motifs is 1. The van der Waals surface area contributed by atoms with Crippen LogP contribution >= 0.6 is 0 Å². The first kappa shape index (κ1) is 21.3. The molecule has 8 nitrogen and oxygen atoms in total. The molecule has 6 rings (SSSR count). The van der Waals surface area contributed by atoms with Gasteiger partial charge in [0.1, 0.15) is 11.6 Å². The maximum absolute atomic E-state index is 13.5. The molecule has 1 saturated carbocycles. The van der Waals surface area contributed by atoms with E-state index in [-0.39, 0.29) is 30.0 Å². The number of benzene rings is 2. The van der Waals surface area contributed by atoms with Crippen molar-refractivity contribution in [2.45, 2.75) is 44.2 Å². The van der Waals surface area contributed by atoms with E-state index in [1.165, 1.54) is 11.2 Å². The molecule has 0 bridgehead atoms. The SMILES string of the molecule is O=C1CC(N(C(=O)c2ccco2)C2CCCC2)C(=O)N1c1ccc(-c2nc3ccccc3o2)cc1. The van der Waals surface area contributed by atoms with Crippen LogP contribution < -0.4 is 4.90 Å². The zero-order chi connectivity index (χ0) is 23.9. The van der Waals surface area contributed by atoms with Crippen molar-refractivity contribution in [3.05, 3.63) is 72.7 Å². The van der Waals surface area contributed by atoms with Gasteiger partial charge in [0.25, 0.3) is 11.8 Å². The van der Waals surface area contributed by atoms with E-state index in [4.69, 9.17) is 8.83 Å². The van der Waals surface area contributed by atoms with E-state index in [1.807, 2.05) is 24.3 Å². The first-order valence-electron chi connectivity index (χ1n) is 11.8. The molecule has 4 aromatic rings. The normalized spacial score (nSPS) is 18.6. The van der Waals surface area contributed by atoms with Gasteiger partial charge >= 0.3 is 0 Å². The number of rotatable bonds is 5. The highest BCUT2D eigenvalue weighted by Crippen LogP contribution is 2.34. The second-order valence-corrected chi connectivity index (χ2v) is 8.95. The van der Waals surface area contributed by atoms with Gasteiger partial charge in [0.2, 0.25) is 11.8 Å². The number of anilines is 1. The fourth-order valence-corrected chi connectivity index (χ4v) is 5.13. The fourth-order valence-electron chi connectivity index (χ4n) is 5.13. The Hall–Kier alpha value is -4.20. The van der Waals surface area contributed by atoms with Crippen molar-refractivity contribution in [2.75, 3.05) is 4.90 Å². The summed E-state index contributed by atoms with van der Waals surface area (Å²) in [5, 5.41) is 0. The van der Waals surface area contributed by atoms with Gasteiger partial charge in [0, 0.05) is 11.6 Å². The molecule has 1 aliphatic carbocycles. The summed E-state index contributed by atoms with van der Waals surface area (Å²) in [6, 6.07) is 16.8. The number of hydrogen-bond donors (Lipinski definition) is 0.